The molecule has 1 fully saturated rings. The molecule has 1 heterocycles. The second kappa shape index (κ2) is 3.94. The Bertz CT molecular complexity index is 93.3. The van der Waals surface area contributed by atoms with Crippen molar-refractivity contribution in [1.29, 1.82) is 0 Å². The molecule has 60 valence electrons. The van der Waals surface area contributed by atoms with Gasteiger partial charge in [0.1, 0.15) is 0 Å². The maximum absolute atomic E-state index is 8.47. The zero-order valence-corrected chi connectivity index (χ0v) is 6.55. The van der Waals surface area contributed by atoms with E-state index in [0.717, 1.165) is 12.8 Å². The number of ether oxygens (including phenoxy) is 1. The number of epoxide rings is 1. The van der Waals surface area contributed by atoms with Crippen molar-refractivity contribution < 1.29 is 9.84 Å². The van der Waals surface area contributed by atoms with Gasteiger partial charge in [0.05, 0.1) is 12.2 Å². The van der Waals surface area contributed by atoms with Crippen LogP contribution in [-0.2, 0) is 4.74 Å². The second-order valence-electron chi connectivity index (χ2n) is 2.95. The summed E-state index contributed by atoms with van der Waals surface area (Å²) < 4.78 is 5.23. The smallest absolute Gasteiger partial charge is 0.0839 e. The van der Waals surface area contributed by atoms with E-state index in [-0.39, 0.29) is 0 Å². The molecule has 0 saturated carbocycles. The summed E-state index contributed by atoms with van der Waals surface area (Å²) in [5.41, 5.74) is 0. The molecule has 10 heavy (non-hydrogen) atoms. The third kappa shape index (κ3) is 2.67. The Morgan fingerprint density at radius 3 is 2.50 bits per heavy atom. The Balaban J connectivity index is 1.78. The molecule has 2 atom stereocenters. The lowest BCUT2D eigenvalue weighted by molar-refractivity contribution is 0.280. The minimum Gasteiger partial charge on any atom is -0.396 e. The highest BCUT2D eigenvalue weighted by Crippen LogP contribution is 2.26. The largest absolute Gasteiger partial charge is 0.396 e. The fourth-order valence-electron chi connectivity index (χ4n) is 1.17. The highest BCUT2D eigenvalue weighted by atomic mass is 16.6. The van der Waals surface area contributed by atoms with E-state index in [0.29, 0.717) is 18.8 Å². The monoisotopic (exact) mass is 144 g/mol. The van der Waals surface area contributed by atoms with Gasteiger partial charge in [0.15, 0.2) is 0 Å². The lowest BCUT2D eigenvalue weighted by Crippen LogP contribution is -1.90. The van der Waals surface area contributed by atoms with Gasteiger partial charge in [0.25, 0.3) is 0 Å². The van der Waals surface area contributed by atoms with Crippen LogP contribution < -0.4 is 0 Å². The molecule has 1 aliphatic heterocycles. The predicted molar refractivity (Wildman–Crippen MR) is 39.9 cm³/mol. The molecule has 0 aromatic rings. The van der Waals surface area contributed by atoms with Crippen LogP contribution in [0.4, 0.5) is 0 Å². The third-order valence-corrected chi connectivity index (χ3v) is 1.98. The van der Waals surface area contributed by atoms with Crippen LogP contribution in [0.15, 0.2) is 0 Å². The first-order chi connectivity index (χ1) is 4.84. The van der Waals surface area contributed by atoms with Crippen LogP contribution in [0.25, 0.3) is 0 Å². The average molecular weight is 144 g/mol. The molecule has 1 aliphatic rings. The quantitative estimate of drug-likeness (QED) is 0.466. The number of hydrogen-bond donors (Lipinski definition) is 1. The van der Waals surface area contributed by atoms with E-state index in [4.69, 9.17) is 9.84 Å². The first-order valence-corrected chi connectivity index (χ1v) is 4.11. The molecule has 0 amide bonds. The Labute approximate surface area is 62.2 Å². The van der Waals surface area contributed by atoms with Crippen LogP contribution in [0.3, 0.4) is 0 Å². The Morgan fingerprint density at radius 2 is 2.00 bits per heavy atom. The summed E-state index contributed by atoms with van der Waals surface area (Å²) in [6, 6.07) is 0. The van der Waals surface area contributed by atoms with E-state index >= 15 is 0 Å². The molecule has 2 unspecified atom stereocenters. The summed E-state index contributed by atoms with van der Waals surface area (Å²) in [5, 5.41) is 8.47. The van der Waals surface area contributed by atoms with Gasteiger partial charge >= 0.3 is 0 Å². The maximum atomic E-state index is 8.47. The van der Waals surface area contributed by atoms with Gasteiger partial charge in [-0.3, -0.25) is 0 Å². The molecule has 1 rings (SSSR count). The summed E-state index contributed by atoms with van der Waals surface area (Å²) in [4.78, 5) is 0. The van der Waals surface area contributed by atoms with Crippen molar-refractivity contribution in [2.45, 2.75) is 44.8 Å². The Morgan fingerprint density at radius 1 is 1.30 bits per heavy atom. The molecule has 0 spiro atoms. The van der Waals surface area contributed by atoms with E-state index < -0.39 is 0 Å². The van der Waals surface area contributed by atoms with Crippen LogP contribution >= 0.6 is 0 Å². The first-order valence-electron chi connectivity index (χ1n) is 4.11. The van der Waals surface area contributed by atoms with Crippen molar-refractivity contribution in [3.63, 3.8) is 0 Å². The van der Waals surface area contributed by atoms with Crippen LogP contribution in [0.5, 0.6) is 0 Å². The summed E-state index contributed by atoms with van der Waals surface area (Å²) >= 11 is 0. The van der Waals surface area contributed by atoms with Gasteiger partial charge in [-0.15, -0.1) is 0 Å². The number of rotatable bonds is 5. The van der Waals surface area contributed by atoms with Gasteiger partial charge in [-0.1, -0.05) is 12.8 Å². The number of aliphatic hydroxyl groups is 1. The molecule has 0 radical (unpaired) electrons. The molecule has 0 aromatic heterocycles. The Hall–Kier alpha value is -0.0800. The van der Waals surface area contributed by atoms with Crippen molar-refractivity contribution in [2.75, 3.05) is 6.61 Å². The highest BCUT2D eigenvalue weighted by molar-refractivity contribution is 4.79. The second-order valence-corrected chi connectivity index (χ2v) is 2.95. The van der Waals surface area contributed by atoms with Gasteiger partial charge in [0, 0.05) is 6.61 Å². The molecular weight excluding hydrogens is 128 g/mol. The van der Waals surface area contributed by atoms with E-state index in [2.05, 4.69) is 6.92 Å². The highest BCUT2D eigenvalue weighted by Gasteiger charge is 2.32. The van der Waals surface area contributed by atoms with E-state index in [1.165, 1.54) is 12.8 Å². The van der Waals surface area contributed by atoms with Crippen molar-refractivity contribution in [2.24, 2.45) is 0 Å². The number of aliphatic hydroxyl groups excluding tert-OH is 1. The topological polar surface area (TPSA) is 32.8 Å². The van der Waals surface area contributed by atoms with Crippen molar-refractivity contribution >= 4 is 0 Å². The first kappa shape index (κ1) is 8.02. The van der Waals surface area contributed by atoms with Crippen LogP contribution in [0, 0.1) is 0 Å². The summed E-state index contributed by atoms with van der Waals surface area (Å²) in [6.07, 6.45) is 5.52. The van der Waals surface area contributed by atoms with Gasteiger partial charge in [0.2, 0.25) is 0 Å². The van der Waals surface area contributed by atoms with Crippen molar-refractivity contribution in [3.05, 3.63) is 0 Å². The standard InChI is InChI=1S/C8H16O2/c1-7-8(10-7)5-3-2-4-6-9/h7-9H,2-6H2,1H3. The zero-order valence-electron chi connectivity index (χ0n) is 6.55. The minimum atomic E-state index is 0.334. The lowest BCUT2D eigenvalue weighted by Gasteiger charge is -1.94. The number of hydrogen-bond acceptors (Lipinski definition) is 2. The van der Waals surface area contributed by atoms with Crippen molar-refractivity contribution in [1.82, 2.24) is 0 Å². The summed E-state index contributed by atoms with van der Waals surface area (Å²) in [5.74, 6) is 0. The zero-order chi connectivity index (χ0) is 7.40. The summed E-state index contributed by atoms with van der Waals surface area (Å²) in [7, 11) is 0. The lowest BCUT2D eigenvalue weighted by atomic mass is 10.1. The van der Waals surface area contributed by atoms with Crippen LogP contribution in [0.2, 0.25) is 0 Å². The summed E-state index contributed by atoms with van der Waals surface area (Å²) in [6.45, 7) is 2.44. The van der Waals surface area contributed by atoms with Gasteiger partial charge in [-0.2, -0.15) is 0 Å². The normalized spacial score (nSPS) is 30.6. The van der Waals surface area contributed by atoms with Gasteiger partial charge in [-0.25, -0.2) is 0 Å². The van der Waals surface area contributed by atoms with Gasteiger partial charge < -0.3 is 9.84 Å². The van der Waals surface area contributed by atoms with Crippen molar-refractivity contribution in [3.8, 4) is 0 Å². The molecular formula is C8H16O2. The SMILES string of the molecule is CC1OC1CCCCCO. The van der Waals surface area contributed by atoms with E-state index in [1.807, 2.05) is 0 Å². The molecule has 0 aromatic carbocycles. The van der Waals surface area contributed by atoms with Crippen LogP contribution in [-0.4, -0.2) is 23.9 Å². The van der Waals surface area contributed by atoms with E-state index in [9.17, 15) is 0 Å². The molecule has 2 nitrogen and oxygen atoms in total. The minimum absolute atomic E-state index is 0.334. The molecule has 0 bridgehead atoms. The molecule has 1 saturated heterocycles. The predicted octanol–water partition coefficient (Wildman–Crippen LogP) is 1.33. The molecule has 1 N–H and O–H groups in total. The average Bonchev–Trinajstić information content (AvgIpc) is 2.60. The fraction of sp³-hybridized carbons (Fsp3) is 1.00. The molecule has 0 aliphatic carbocycles. The fourth-order valence-corrected chi connectivity index (χ4v) is 1.17. The molecule has 2 heteroatoms. The maximum Gasteiger partial charge on any atom is 0.0839 e. The third-order valence-electron chi connectivity index (χ3n) is 1.98. The van der Waals surface area contributed by atoms with Gasteiger partial charge in [-0.05, 0) is 19.8 Å². The van der Waals surface area contributed by atoms with E-state index in [1.54, 1.807) is 0 Å². The number of unbranched alkanes of at least 4 members (excludes halogenated alkanes) is 2. The van der Waals surface area contributed by atoms with Crippen LogP contribution in [0.1, 0.15) is 32.6 Å². The Kier molecular flexibility index (Phi) is 3.16.